The summed E-state index contributed by atoms with van der Waals surface area (Å²) in [4.78, 5) is 11.6. The number of nitrogens with one attached hydrogen (secondary N) is 1. The highest BCUT2D eigenvalue weighted by Gasteiger charge is 2.71. The van der Waals surface area contributed by atoms with Gasteiger partial charge >= 0.3 is 5.97 Å². The molecule has 1 aliphatic carbocycles. The molecule has 2 saturated heterocycles. The van der Waals surface area contributed by atoms with Gasteiger partial charge in [0.2, 0.25) is 0 Å². The predicted molar refractivity (Wildman–Crippen MR) is 99.0 cm³/mol. The van der Waals surface area contributed by atoms with E-state index in [4.69, 9.17) is 4.74 Å². The average Bonchev–Trinajstić information content (AvgIpc) is 3.08. The van der Waals surface area contributed by atoms with Gasteiger partial charge in [-0.3, -0.25) is 4.79 Å². The summed E-state index contributed by atoms with van der Waals surface area (Å²) in [5.41, 5.74) is 3.38. The van der Waals surface area contributed by atoms with Crippen molar-refractivity contribution in [3.05, 3.63) is 46.7 Å². The fraction of sp³-hybridized carbons (Fsp3) is 0.571. The Bertz CT molecular complexity index is 869. The number of nitrogens with zero attached hydrogens (tertiary/aromatic N) is 1. The van der Waals surface area contributed by atoms with Gasteiger partial charge in [0.15, 0.2) is 0 Å². The van der Waals surface area contributed by atoms with Crippen LogP contribution in [0.3, 0.4) is 0 Å². The summed E-state index contributed by atoms with van der Waals surface area (Å²) >= 11 is 0. The SMILES string of the molecule is O=C(O)C[C@H]1OCC=C2C[N+]3([O-])CC[C@@]45c6ccccc6N[C@@H]4[C@@H]1[C@@H]2C[C@H]53. The van der Waals surface area contributed by atoms with Gasteiger partial charge in [-0.25, -0.2) is 0 Å². The number of ether oxygens (including phenoxy) is 1. The standard InChI is InChI=1S/C21H24N2O4/c24-18(25)10-16-19-13-9-17-21(14-3-1-2-4-15(14)22-20(19)21)6-7-23(17,26)11-12(13)5-8-27-16/h1-5,13,16-17,19-20,22H,6-11H2,(H,24,25)/t13-,16-,17-,19-,20-,21+,23?/m1/s1. The number of rotatable bonds is 2. The second kappa shape index (κ2) is 5.13. The highest BCUT2D eigenvalue weighted by molar-refractivity contribution is 5.68. The molecule has 5 aliphatic rings. The van der Waals surface area contributed by atoms with E-state index in [1.165, 1.54) is 11.1 Å². The van der Waals surface area contributed by atoms with Gasteiger partial charge in [-0.2, -0.15) is 0 Å². The third kappa shape index (κ3) is 1.88. The zero-order valence-electron chi connectivity index (χ0n) is 15.1. The number of carboxylic acid groups (broad SMARTS) is 1. The number of para-hydroxylation sites is 1. The minimum absolute atomic E-state index is 0.0228. The van der Waals surface area contributed by atoms with Crippen molar-refractivity contribution in [2.24, 2.45) is 11.8 Å². The number of hydrogen-bond donors (Lipinski definition) is 2. The first-order valence-corrected chi connectivity index (χ1v) is 9.99. The molecule has 0 aromatic heterocycles. The van der Waals surface area contributed by atoms with Crippen molar-refractivity contribution in [2.45, 2.75) is 42.9 Å². The summed E-state index contributed by atoms with van der Waals surface area (Å²) in [6.45, 7) is 1.61. The van der Waals surface area contributed by atoms with Crippen LogP contribution in [0.25, 0.3) is 0 Å². The van der Waals surface area contributed by atoms with Gasteiger partial charge in [-0.15, -0.1) is 0 Å². The number of carboxylic acids is 1. The number of fused-ring (bicyclic) bond motifs is 2. The fourth-order valence-corrected chi connectivity index (χ4v) is 7.20. The van der Waals surface area contributed by atoms with Crippen LogP contribution in [0.2, 0.25) is 0 Å². The fourth-order valence-electron chi connectivity index (χ4n) is 7.20. The molecule has 0 radical (unpaired) electrons. The Kier molecular flexibility index (Phi) is 3.06. The van der Waals surface area contributed by atoms with E-state index in [0.717, 1.165) is 18.5 Å². The first kappa shape index (κ1) is 16.1. The molecular weight excluding hydrogens is 344 g/mol. The van der Waals surface area contributed by atoms with Crippen LogP contribution >= 0.6 is 0 Å². The Morgan fingerprint density at radius 1 is 1.41 bits per heavy atom. The summed E-state index contributed by atoms with van der Waals surface area (Å²) in [6.07, 6.45) is 3.49. The van der Waals surface area contributed by atoms with E-state index in [1.54, 1.807) is 0 Å². The maximum Gasteiger partial charge on any atom is 0.305 e. The number of hydroxylamine groups is 3. The van der Waals surface area contributed by atoms with Gasteiger partial charge < -0.3 is 25.0 Å². The van der Waals surface area contributed by atoms with Crippen molar-refractivity contribution in [3.63, 3.8) is 0 Å². The summed E-state index contributed by atoms with van der Waals surface area (Å²) in [5, 5.41) is 27.1. The third-order valence-electron chi connectivity index (χ3n) is 8.08. The van der Waals surface area contributed by atoms with Crippen molar-refractivity contribution < 1.29 is 19.3 Å². The van der Waals surface area contributed by atoms with Gasteiger partial charge in [0.1, 0.15) is 12.6 Å². The van der Waals surface area contributed by atoms with E-state index < -0.39 is 5.97 Å². The van der Waals surface area contributed by atoms with Crippen LogP contribution in [0.1, 0.15) is 24.8 Å². The van der Waals surface area contributed by atoms with Crippen molar-refractivity contribution in [1.82, 2.24) is 0 Å². The molecule has 1 unspecified atom stereocenters. The average molecular weight is 368 g/mol. The van der Waals surface area contributed by atoms with Crippen molar-refractivity contribution in [2.75, 3.05) is 25.0 Å². The molecule has 3 fully saturated rings. The predicted octanol–water partition coefficient (Wildman–Crippen LogP) is 2.25. The lowest BCUT2D eigenvalue weighted by molar-refractivity contribution is -0.896. The highest BCUT2D eigenvalue weighted by Crippen LogP contribution is 2.64. The van der Waals surface area contributed by atoms with Crippen LogP contribution in [0.5, 0.6) is 0 Å². The number of piperidine rings is 1. The molecule has 1 spiro atoms. The molecule has 2 N–H and O–H groups in total. The highest BCUT2D eigenvalue weighted by atomic mass is 16.6. The minimum atomic E-state index is -0.814. The Labute approximate surface area is 158 Å². The van der Waals surface area contributed by atoms with Crippen LogP contribution in [-0.4, -0.2) is 53.6 Å². The van der Waals surface area contributed by atoms with Crippen molar-refractivity contribution >= 4 is 11.7 Å². The molecule has 142 valence electrons. The topological polar surface area (TPSA) is 81.6 Å². The minimum Gasteiger partial charge on any atom is -0.632 e. The maximum absolute atomic E-state index is 13.8. The molecule has 1 aromatic rings. The van der Waals surface area contributed by atoms with E-state index in [0.29, 0.717) is 19.7 Å². The Morgan fingerprint density at radius 2 is 2.26 bits per heavy atom. The molecule has 1 aromatic carbocycles. The normalized spacial score (nSPS) is 46.0. The third-order valence-corrected chi connectivity index (χ3v) is 8.08. The molecule has 27 heavy (non-hydrogen) atoms. The van der Waals surface area contributed by atoms with Gasteiger partial charge in [0.25, 0.3) is 0 Å². The quantitative estimate of drug-likeness (QED) is 0.475. The van der Waals surface area contributed by atoms with Crippen molar-refractivity contribution in [3.8, 4) is 0 Å². The van der Waals surface area contributed by atoms with E-state index >= 15 is 0 Å². The molecule has 1 saturated carbocycles. The lowest BCUT2D eigenvalue weighted by Gasteiger charge is -2.60. The van der Waals surface area contributed by atoms with Crippen LogP contribution in [0, 0.1) is 17.0 Å². The lowest BCUT2D eigenvalue weighted by atomic mass is 9.54. The van der Waals surface area contributed by atoms with E-state index in [-0.39, 0.29) is 46.5 Å². The molecule has 4 heterocycles. The largest absolute Gasteiger partial charge is 0.632 e. The van der Waals surface area contributed by atoms with Gasteiger partial charge in [-0.1, -0.05) is 24.3 Å². The van der Waals surface area contributed by atoms with Crippen LogP contribution in [0.4, 0.5) is 5.69 Å². The molecule has 4 aliphatic heterocycles. The summed E-state index contributed by atoms with van der Waals surface area (Å²) < 4.78 is 5.95. The van der Waals surface area contributed by atoms with Crippen molar-refractivity contribution in [1.29, 1.82) is 0 Å². The number of hydrogen-bond acceptors (Lipinski definition) is 4. The van der Waals surface area contributed by atoms with Gasteiger partial charge in [0.05, 0.1) is 31.1 Å². The molecule has 2 bridgehead atoms. The molecular formula is C21H24N2O4. The second-order valence-corrected chi connectivity index (χ2v) is 8.98. The number of quaternary nitrogens is 1. The number of anilines is 1. The van der Waals surface area contributed by atoms with E-state index in [9.17, 15) is 15.1 Å². The number of aliphatic carboxylic acids is 1. The zero-order chi connectivity index (χ0) is 18.4. The molecule has 6 rings (SSSR count). The van der Waals surface area contributed by atoms with E-state index in [2.05, 4.69) is 29.6 Å². The molecule has 6 nitrogen and oxygen atoms in total. The van der Waals surface area contributed by atoms with E-state index in [1.807, 2.05) is 6.07 Å². The summed E-state index contributed by atoms with van der Waals surface area (Å²) in [6, 6.07) is 8.50. The molecule has 0 amide bonds. The lowest BCUT2D eigenvalue weighted by Crippen LogP contribution is -2.68. The summed E-state index contributed by atoms with van der Waals surface area (Å²) in [7, 11) is 0. The van der Waals surface area contributed by atoms with Gasteiger partial charge in [-0.05, 0) is 23.1 Å². The Hall–Kier alpha value is -1.89. The molecule has 7 atom stereocenters. The summed E-state index contributed by atoms with van der Waals surface area (Å²) in [5.74, 6) is -0.475. The van der Waals surface area contributed by atoms with Crippen LogP contribution in [0.15, 0.2) is 35.9 Å². The smallest absolute Gasteiger partial charge is 0.305 e. The first-order valence-electron chi connectivity index (χ1n) is 9.99. The van der Waals surface area contributed by atoms with Gasteiger partial charge in [0, 0.05) is 30.5 Å². The number of carbonyl (C=O) groups is 1. The number of benzene rings is 1. The zero-order valence-corrected chi connectivity index (χ0v) is 15.1. The second-order valence-electron chi connectivity index (χ2n) is 8.98. The Balaban J connectivity index is 1.55. The monoisotopic (exact) mass is 368 g/mol. The Morgan fingerprint density at radius 3 is 3.11 bits per heavy atom. The maximum atomic E-state index is 13.8. The first-order chi connectivity index (χ1) is 13.0. The molecule has 6 heteroatoms. The van der Waals surface area contributed by atoms with Crippen LogP contribution < -0.4 is 5.32 Å². The van der Waals surface area contributed by atoms with Crippen LogP contribution in [-0.2, 0) is 14.9 Å².